The minimum atomic E-state index is -4.47. The first-order chi connectivity index (χ1) is 16.1. The molecule has 0 aliphatic heterocycles. The second-order valence-corrected chi connectivity index (χ2v) is 9.02. The highest BCUT2D eigenvalue weighted by Crippen LogP contribution is 2.36. The van der Waals surface area contributed by atoms with Gasteiger partial charge in [-0.1, -0.05) is 30.4 Å². The van der Waals surface area contributed by atoms with E-state index in [9.17, 15) is 28.5 Å². The molecule has 1 aliphatic carbocycles. The van der Waals surface area contributed by atoms with Gasteiger partial charge in [-0.2, -0.15) is 13.2 Å². The first-order valence-electron chi connectivity index (χ1n) is 11.9. The Morgan fingerprint density at radius 3 is 2.59 bits per heavy atom. The molecule has 1 unspecified atom stereocenters. The van der Waals surface area contributed by atoms with E-state index in [0.717, 1.165) is 38.0 Å². The average molecular weight is 487 g/mol. The van der Waals surface area contributed by atoms with Gasteiger partial charge < -0.3 is 24.8 Å². The molecule has 1 fully saturated rings. The molecule has 0 radical (unpaired) electrons. The fourth-order valence-electron chi connectivity index (χ4n) is 4.02. The number of allylic oxidation sites excluding steroid dienone is 2. The number of alkyl halides is 3. The molecule has 34 heavy (non-hydrogen) atoms. The van der Waals surface area contributed by atoms with E-state index in [1.807, 2.05) is 19.9 Å². The molecule has 0 amide bonds. The van der Waals surface area contributed by atoms with Gasteiger partial charge in [-0.15, -0.1) is 0 Å². The lowest BCUT2D eigenvalue weighted by atomic mass is 9.89. The summed E-state index contributed by atoms with van der Waals surface area (Å²) >= 11 is 0. The van der Waals surface area contributed by atoms with Crippen molar-refractivity contribution in [1.82, 2.24) is 0 Å². The van der Waals surface area contributed by atoms with Crippen LogP contribution in [-0.4, -0.2) is 52.9 Å². The third-order valence-electron chi connectivity index (χ3n) is 5.84. The number of aliphatic hydroxyl groups is 3. The van der Waals surface area contributed by atoms with Crippen molar-refractivity contribution >= 4 is 0 Å². The Labute approximate surface area is 199 Å². The first-order valence-corrected chi connectivity index (χ1v) is 11.9. The van der Waals surface area contributed by atoms with Crippen molar-refractivity contribution in [2.24, 2.45) is 11.8 Å². The van der Waals surface area contributed by atoms with E-state index in [1.54, 1.807) is 6.08 Å². The Morgan fingerprint density at radius 2 is 1.88 bits per heavy atom. The highest BCUT2D eigenvalue weighted by molar-refractivity contribution is 5.30. The van der Waals surface area contributed by atoms with Gasteiger partial charge in [0.1, 0.15) is 18.5 Å². The Hall–Kier alpha value is -1.87. The van der Waals surface area contributed by atoms with E-state index < -0.39 is 30.1 Å². The molecule has 1 aromatic carbocycles. The summed E-state index contributed by atoms with van der Waals surface area (Å²) in [6.07, 6.45) is 4.33. The van der Waals surface area contributed by atoms with Gasteiger partial charge in [0.25, 0.3) is 0 Å². The minimum Gasteiger partial charge on any atom is -0.491 e. The quantitative estimate of drug-likeness (QED) is 0.273. The Kier molecular flexibility index (Phi) is 11.6. The number of unbranched alkanes of at least 4 members (excludes halogenated alkanes) is 2. The van der Waals surface area contributed by atoms with Crippen LogP contribution < -0.4 is 4.74 Å². The maximum atomic E-state index is 12.8. The number of hydrogen-bond donors (Lipinski definition) is 3. The van der Waals surface area contributed by atoms with Crippen LogP contribution in [0.15, 0.2) is 48.6 Å². The number of rotatable bonds is 13. The molecule has 1 saturated carbocycles. The van der Waals surface area contributed by atoms with Gasteiger partial charge in [0.15, 0.2) is 0 Å². The van der Waals surface area contributed by atoms with Gasteiger partial charge in [0.05, 0.1) is 23.9 Å². The van der Waals surface area contributed by atoms with Crippen molar-refractivity contribution < 1.29 is 38.0 Å². The molecule has 1 aromatic rings. The number of hydrogen-bond acceptors (Lipinski definition) is 5. The standard InChI is InChI=1S/C26H37F3O5/c1-18(2)33-14-7-5-3-4-6-11-22-23(25(32)16-24(22)31)13-12-20(30)17-34-21-10-8-9-19(15-21)26(27,28)29/h4,6,8-10,12-13,15,18,20,22-25,30-32H,3,5,7,11,14,16-17H2,1-2H3/b6-4-,13-12+/t20-,22-,23?,24+,25-/m1/s1. The molecule has 0 bridgehead atoms. The highest BCUT2D eigenvalue weighted by atomic mass is 19.4. The highest BCUT2D eigenvalue weighted by Gasteiger charge is 2.39. The van der Waals surface area contributed by atoms with Crippen LogP contribution in [0.4, 0.5) is 13.2 Å². The summed E-state index contributed by atoms with van der Waals surface area (Å²) in [6.45, 7) is 4.53. The normalized spacial score (nSPS) is 24.5. The molecule has 0 saturated heterocycles. The molecule has 192 valence electrons. The summed E-state index contributed by atoms with van der Waals surface area (Å²) in [7, 11) is 0. The summed E-state index contributed by atoms with van der Waals surface area (Å²) in [6, 6.07) is 4.47. The van der Waals surface area contributed by atoms with Crippen LogP contribution in [0.25, 0.3) is 0 Å². The Morgan fingerprint density at radius 1 is 1.12 bits per heavy atom. The second-order valence-electron chi connectivity index (χ2n) is 9.02. The zero-order valence-electron chi connectivity index (χ0n) is 19.8. The van der Waals surface area contributed by atoms with Crippen LogP contribution in [-0.2, 0) is 10.9 Å². The Bertz CT molecular complexity index is 778. The second kappa shape index (κ2) is 13.9. The minimum absolute atomic E-state index is 0.0115. The van der Waals surface area contributed by atoms with Gasteiger partial charge in [0, 0.05) is 18.9 Å². The van der Waals surface area contributed by atoms with Crippen LogP contribution in [0.1, 0.15) is 51.5 Å². The Balaban J connectivity index is 1.81. The average Bonchev–Trinajstić information content (AvgIpc) is 3.04. The molecule has 5 nitrogen and oxygen atoms in total. The van der Waals surface area contributed by atoms with Gasteiger partial charge in [-0.05, 0) is 63.6 Å². The summed E-state index contributed by atoms with van der Waals surface area (Å²) < 4.78 is 49.2. The van der Waals surface area contributed by atoms with Gasteiger partial charge >= 0.3 is 6.18 Å². The molecular formula is C26H37F3O5. The maximum Gasteiger partial charge on any atom is 0.416 e. The van der Waals surface area contributed by atoms with Gasteiger partial charge in [-0.25, -0.2) is 0 Å². The SMILES string of the molecule is CC(C)OCCCC/C=C\C[C@@H]1C(/C=C/[C@@H](O)COc2cccc(C(F)(F)F)c2)[C@H](O)C[C@@H]1O. The van der Waals surface area contributed by atoms with Crippen molar-refractivity contribution in [3.8, 4) is 5.75 Å². The number of halogens is 3. The number of aliphatic hydroxyl groups excluding tert-OH is 3. The number of ether oxygens (including phenoxy) is 2. The lowest BCUT2D eigenvalue weighted by Crippen LogP contribution is -2.21. The van der Waals surface area contributed by atoms with Crippen LogP contribution >= 0.6 is 0 Å². The van der Waals surface area contributed by atoms with Crippen molar-refractivity contribution in [2.45, 2.75) is 76.5 Å². The third-order valence-corrected chi connectivity index (χ3v) is 5.84. The molecule has 0 aromatic heterocycles. The first kappa shape index (κ1) is 28.4. The fraction of sp³-hybridized carbons (Fsp3) is 0.615. The zero-order valence-corrected chi connectivity index (χ0v) is 19.8. The van der Waals surface area contributed by atoms with Crippen molar-refractivity contribution in [3.63, 3.8) is 0 Å². The molecule has 1 aliphatic rings. The molecule has 0 spiro atoms. The molecule has 0 heterocycles. The number of benzene rings is 1. The molecule has 8 heteroatoms. The lowest BCUT2D eigenvalue weighted by molar-refractivity contribution is -0.137. The summed E-state index contributed by atoms with van der Waals surface area (Å²) in [4.78, 5) is 0. The smallest absolute Gasteiger partial charge is 0.416 e. The fourth-order valence-corrected chi connectivity index (χ4v) is 4.02. The zero-order chi connectivity index (χ0) is 25.1. The van der Waals surface area contributed by atoms with Gasteiger partial charge in [-0.3, -0.25) is 0 Å². The van der Waals surface area contributed by atoms with E-state index in [1.165, 1.54) is 18.2 Å². The summed E-state index contributed by atoms with van der Waals surface area (Å²) in [5.41, 5.74) is -0.821. The molecular weight excluding hydrogens is 449 g/mol. The van der Waals surface area contributed by atoms with Crippen LogP contribution in [0.3, 0.4) is 0 Å². The van der Waals surface area contributed by atoms with Crippen molar-refractivity contribution in [2.75, 3.05) is 13.2 Å². The van der Waals surface area contributed by atoms with E-state index >= 15 is 0 Å². The van der Waals surface area contributed by atoms with Crippen LogP contribution in [0.5, 0.6) is 5.75 Å². The largest absolute Gasteiger partial charge is 0.491 e. The summed E-state index contributed by atoms with van der Waals surface area (Å²) in [5, 5.41) is 30.9. The molecule has 3 N–H and O–H groups in total. The topological polar surface area (TPSA) is 79.2 Å². The van der Waals surface area contributed by atoms with E-state index in [4.69, 9.17) is 9.47 Å². The van der Waals surface area contributed by atoms with Gasteiger partial charge in [0.2, 0.25) is 0 Å². The molecule has 2 rings (SSSR count). The van der Waals surface area contributed by atoms with E-state index in [-0.39, 0.29) is 36.7 Å². The van der Waals surface area contributed by atoms with Crippen LogP contribution in [0.2, 0.25) is 0 Å². The van der Waals surface area contributed by atoms with Crippen molar-refractivity contribution in [3.05, 3.63) is 54.1 Å². The van der Waals surface area contributed by atoms with Crippen molar-refractivity contribution in [1.29, 1.82) is 0 Å². The monoisotopic (exact) mass is 486 g/mol. The van der Waals surface area contributed by atoms with E-state index in [0.29, 0.717) is 6.42 Å². The maximum absolute atomic E-state index is 12.8. The summed E-state index contributed by atoms with van der Waals surface area (Å²) in [5.74, 6) is -0.497. The predicted octanol–water partition coefficient (Wildman–Crippen LogP) is 4.90. The predicted molar refractivity (Wildman–Crippen MR) is 124 cm³/mol. The molecule has 5 atom stereocenters. The lowest BCUT2D eigenvalue weighted by Gasteiger charge is -2.19. The third kappa shape index (κ3) is 9.78. The van der Waals surface area contributed by atoms with Crippen LogP contribution in [0, 0.1) is 11.8 Å². The van der Waals surface area contributed by atoms with E-state index in [2.05, 4.69) is 6.08 Å².